The summed E-state index contributed by atoms with van der Waals surface area (Å²) in [6.45, 7) is 0.956. The summed E-state index contributed by atoms with van der Waals surface area (Å²) in [6, 6.07) is 18.2. The predicted octanol–water partition coefficient (Wildman–Crippen LogP) is 7.59. The zero-order valence-electron chi connectivity index (χ0n) is 28.8. The van der Waals surface area contributed by atoms with Gasteiger partial charge in [0, 0.05) is 37.2 Å². The molecule has 0 unspecified atom stereocenters. The van der Waals surface area contributed by atoms with Crippen molar-refractivity contribution in [2.45, 2.75) is 76.6 Å². The van der Waals surface area contributed by atoms with E-state index in [2.05, 4.69) is 40.1 Å². The SMILES string of the molecule is FC(F)(F)Oc1ccc(-c2ccc3nnc(C[C@H]4CCCCO4)n3n2)cc1.OCCCCCCc1nnc2ccc(-c3ccc(OC(F)(F)F)cc3)nn12. The number of hydrogen-bond acceptors (Lipinski definition) is 10. The minimum atomic E-state index is -4.72. The van der Waals surface area contributed by atoms with E-state index in [0.29, 0.717) is 52.5 Å². The van der Waals surface area contributed by atoms with E-state index in [1.807, 2.05) is 0 Å². The van der Waals surface area contributed by atoms with Crippen LogP contribution in [0.5, 0.6) is 11.5 Å². The van der Waals surface area contributed by atoms with Crippen LogP contribution < -0.4 is 9.47 Å². The van der Waals surface area contributed by atoms with E-state index in [0.717, 1.165) is 57.4 Å². The molecule has 5 heterocycles. The molecule has 0 saturated carbocycles. The van der Waals surface area contributed by atoms with Crippen LogP contribution in [0.4, 0.5) is 26.3 Å². The lowest BCUT2D eigenvalue weighted by Gasteiger charge is -2.21. The molecule has 0 spiro atoms. The van der Waals surface area contributed by atoms with Crippen molar-refractivity contribution in [1.82, 2.24) is 39.6 Å². The minimum absolute atomic E-state index is 0.107. The van der Waals surface area contributed by atoms with Gasteiger partial charge in [0.05, 0.1) is 17.5 Å². The van der Waals surface area contributed by atoms with Gasteiger partial charge in [0.2, 0.25) is 0 Å². The first-order valence-corrected chi connectivity index (χ1v) is 17.3. The Labute approximate surface area is 304 Å². The number of rotatable bonds is 12. The van der Waals surface area contributed by atoms with Gasteiger partial charge in [-0.25, -0.2) is 0 Å². The average molecular weight is 759 g/mol. The van der Waals surface area contributed by atoms with Gasteiger partial charge in [-0.2, -0.15) is 19.2 Å². The van der Waals surface area contributed by atoms with Crippen LogP contribution in [0.1, 0.15) is 56.6 Å². The number of nitrogens with zero attached hydrogens (tertiary/aromatic N) is 8. The van der Waals surface area contributed by atoms with Gasteiger partial charge in [-0.15, -0.1) is 46.7 Å². The molecular weight excluding hydrogens is 722 g/mol. The highest BCUT2D eigenvalue weighted by atomic mass is 19.4. The van der Waals surface area contributed by atoms with E-state index < -0.39 is 12.7 Å². The molecule has 1 fully saturated rings. The summed E-state index contributed by atoms with van der Waals surface area (Å²) in [4.78, 5) is 0. The van der Waals surface area contributed by atoms with Crippen LogP contribution >= 0.6 is 0 Å². The van der Waals surface area contributed by atoms with E-state index >= 15 is 0 Å². The van der Waals surface area contributed by atoms with Crippen molar-refractivity contribution in [3.05, 3.63) is 84.4 Å². The molecule has 286 valence electrons. The molecule has 1 aliphatic heterocycles. The maximum atomic E-state index is 12.3. The van der Waals surface area contributed by atoms with Crippen LogP contribution in [-0.4, -0.2) is 76.8 Å². The highest BCUT2D eigenvalue weighted by Gasteiger charge is 2.31. The first-order chi connectivity index (χ1) is 25.9. The fraction of sp³-hybridized carbons (Fsp3) is 0.389. The second-order valence-electron chi connectivity index (χ2n) is 12.4. The second-order valence-corrected chi connectivity index (χ2v) is 12.4. The smallest absolute Gasteiger partial charge is 0.406 e. The summed E-state index contributed by atoms with van der Waals surface area (Å²) in [6.07, 6.45) is -1.16. The van der Waals surface area contributed by atoms with Crippen LogP contribution in [0.2, 0.25) is 0 Å². The van der Waals surface area contributed by atoms with Crippen LogP contribution in [0.15, 0.2) is 72.8 Å². The number of ether oxygens (including phenoxy) is 3. The molecule has 12 nitrogen and oxygen atoms in total. The summed E-state index contributed by atoms with van der Waals surface area (Å²) in [5, 5.41) is 34.4. The Bertz CT molecular complexity index is 2100. The first kappa shape index (κ1) is 38.4. The van der Waals surface area contributed by atoms with Gasteiger partial charge in [0.25, 0.3) is 0 Å². The number of benzene rings is 2. The topological polar surface area (TPSA) is 134 Å². The molecule has 6 aromatic rings. The van der Waals surface area contributed by atoms with Crippen molar-refractivity contribution in [3.63, 3.8) is 0 Å². The molecule has 1 N–H and O–H groups in total. The fourth-order valence-electron chi connectivity index (χ4n) is 5.83. The molecule has 0 aliphatic carbocycles. The maximum Gasteiger partial charge on any atom is 0.573 e. The molecule has 4 aromatic heterocycles. The average Bonchev–Trinajstić information content (AvgIpc) is 3.74. The molecule has 54 heavy (non-hydrogen) atoms. The van der Waals surface area contributed by atoms with Gasteiger partial charge in [-0.3, -0.25) is 0 Å². The Morgan fingerprint density at radius 3 is 1.65 bits per heavy atom. The van der Waals surface area contributed by atoms with Crippen LogP contribution in [0, 0.1) is 0 Å². The number of halogens is 6. The standard InChI is InChI=1S/C18H17F3N4O2.C18H19F3N4O2/c19-18(20,21)27-13-6-4-12(5-7-13)15-8-9-16-22-23-17(25(16)24-15)11-14-3-1-2-10-26-14;19-18(20,21)27-14-8-6-13(7-9-14)15-10-11-17-23-22-16(25(17)24-15)5-3-1-2-4-12-26/h4-9,14H,1-3,10-11H2;6-11,26H,1-5,12H2/t14-;/m1./s1. The van der Waals surface area contributed by atoms with E-state index in [-0.39, 0.29) is 24.2 Å². The Morgan fingerprint density at radius 2 is 1.15 bits per heavy atom. The van der Waals surface area contributed by atoms with Crippen LogP contribution in [0.25, 0.3) is 33.8 Å². The van der Waals surface area contributed by atoms with E-state index in [1.54, 1.807) is 33.3 Å². The summed E-state index contributed by atoms with van der Waals surface area (Å²) >= 11 is 0. The maximum absolute atomic E-state index is 12.3. The fourth-order valence-corrected chi connectivity index (χ4v) is 5.83. The van der Waals surface area contributed by atoms with Crippen molar-refractivity contribution in [1.29, 1.82) is 0 Å². The minimum Gasteiger partial charge on any atom is -0.406 e. The van der Waals surface area contributed by atoms with Crippen LogP contribution in [-0.2, 0) is 17.6 Å². The molecule has 18 heteroatoms. The quantitative estimate of drug-likeness (QED) is 0.0983. The lowest BCUT2D eigenvalue weighted by Crippen LogP contribution is -2.22. The van der Waals surface area contributed by atoms with Gasteiger partial charge in [0.15, 0.2) is 22.9 Å². The largest absolute Gasteiger partial charge is 0.573 e. The lowest BCUT2D eigenvalue weighted by molar-refractivity contribution is -0.275. The molecule has 0 amide bonds. The van der Waals surface area contributed by atoms with Gasteiger partial charge >= 0.3 is 12.7 Å². The summed E-state index contributed by atoms with van der Waals surface area (Å²) < 4.78 is 90.4. The molecule has 0 bridgehead atoms. The molecule has 7 rings (SSSR count). The van der Waals surface area contributed by atoms with Gasteiger partial charge in [-0.1, -0.05) is 12.8 Å². The van der Waals surface area contributed by atoms with E-state index in [9.17, 15) is 26.3 Å². The first-order valence-electron chi connectivity index (χ1n) is 17.3. The molecule has 1 aliphatic rings. The summed E-state index contributed by atoms with van der Waals surface area (Å²) in [5.74, 6) is 0.885. The number of hydrogen-bond donors (Lipinski definition) is 1. The Morgan fingerprint density at radius 1 is 0.630 bits per heavy atom. The van der Waals surface area contributed by atoms with E-state index in [4.69, 9.17) is 9.84 Å². The third kappa shape index (κ3) is 10.6. The Balaban J connectivity index is 0.000000184. The summed E-state index contributed by atoms with van der Waals surface area (Å²) in [7, 11) is 0. The second kappa shape index (κ2) is 17.2. The monoisotopic (exact) mass is 758 g/mol. The van der Waals surface area contributed by atoms with Crippen molar-refractivity contribution < 1.29 is 45.7 Å². The normalized spacial score (nSPS) is 14.9. The molecule has 0 radical (unpaired) electrons. The number of aliphatic hydroxyl groups is 1. The molecular formula is C36H36F6N8O4. The van der Waals surface area contributed by atoms with Gasteiger partial charge in [-0.05, 0) is 105 Å². The number of aliphatic hydroxyl groups excluding tert-OH is 1. The zero-order chi connectivity index (χ0) is 38.1. The Hall–Kier alpha value is -5.36. The zero-order valence-corrected chi connectivity index (χ0v) is 28.8. The highest BCUT2D eigenvalue weighted by molar-refractivity contribution is 5.62. The number of aryl methyl sites for hydroxylation is 1. The number of fused-ring (bicyclic) bond motifs is 2. The van der Waals surface area contributed by atoms with Crippen molar-refractivity contribution in [3.8, 4) is 34.0 Å². The highest BCUT2D eigenvalue weighted by Crippen LogP contribution is 2.28. The number of unbranched alkanes of at least 4 members (excludes halogenated alkanes) is 3. The Kier molecular flexibility index (Phi) is 12.2. The third-order valence-electron chi connectivity index (χ3n) is 8.41. The van der Waals surface area contributed by atoms with Crippen molar-refractivity contribution >= 4 is 11.3 Å². The van der Waals surface area contributed by atoms with Crippen molar-refractivity contribution in [2.24, 2.45) is 0 Å². The third-order valence-corrected chi connectivity index (χ3v) is 8.41. The number of aromatic nitrogens is 8. The van der Waals surface area contributed by atoms with E-state index in [1.165, 1.54) is 48.5 Å². The lowest BCUT2D eigenvalue weighted by atomic mass is 10.1. The van der Waals surface area contributed by atoms with Crippen molar-refractivity contribution in [2.75, 3.05) is 13.2 Å². The summed E-state index contributed by atoms with van der Waals surface area (Å²) in [5.41, 5.74) is 3.76. The van der Waals surface area contributed by atoms with Gasteiger partial charge < -0.3 is 19.3 Å². The predicted molar refractivity (Wildman–Crippen MR) is 182 cm³/mol. The molecule has 1 saturated heterocycles. The van der Waals surface area contributed by atoms with Crippen LogP contribution in [0.3, 0.4) is 0 Å². The molecule has 1 atom stereocenters. The number of alkyl halides is 6. The molecule has 2 aromatic carbocycles. The van der Waals surface area contributed by atoms with Gasteiger partial charge in [0.1, 0.15) is 11.5 Å².